The summed E-state index contributed by atoms with van der Waals surface area (Å²) in [5, 5.41) is 7.36. The number of rotatable bonds is 5. The van der Waals surface area contributed by atoms with Gasteiger partial charge in [-0.25, -0.2) is 0 Å². The largest absolute Gasteiger partial charge is 0.357 e. The van der Waals surface area contributed by atoms with Gasteiger partial charge >= 0.3 is 0 Å². The predicted molar refractivity (Wildman–Crippen MR) is 106 cm³/mol. The molecule has 4 nitrogen and oxygen atoms in total. The molecule has 1 atom stereocenters. The molecule has 0 spiro atoms. The number of halogens is 2. The average molecular weight is 463 g/mol. The number of carbonyl (C=O) groups is 1. The van der Waals surface area contributed by atoms with Crippen LogP contribution < -0.4 is 5.32 Å². The number of likely N-dealkylation sites (N-methyl/N-ethyl adjacent to an activating group) is 1. The number of nitrogens with one attached hydrogen (secondary N) is 1. The van der Waals surface area contributed by atoms with Crippen LogP contribution in [0, 0.1) is 0 Å². The summed E-state index contributed by atoms with van der Waals surface area (Å²) in [6, 6.07) is 17.5. The van der Waals surface area contributed by atoms with Crippen molar-refractivity contribution >= 4 is 37.8 Å². The highest BCUT2D eigenvalue weighted by atomic mass is 79.9. The van der Waals surface area contributed by atoms with Crippen molar-refractivity contribution in [2.24, 2.45) is 0 Å². The Morgan fingerprint density at radius 1 is 1.12 bits per heavy atom. The number of benzene rings is 2. The van der Waals surface area contributed by atoms with Gasteiger partial charge in [0, 0.05) is 34.2 Å². The van der Waals surface area contributed by atoms with Crippen LogP contribution in [-0.4, -0.2) is 22.7 Å². The summed E-state index contributed by atoms with van der Waals surface area (Å²) in [6.07, 6.45) is 2.41. The zero-order valence-electron chi connectivity index (χ0n) is 13.6. The van der Waals surface area contributed by atoms with Crippen molar-refractivity contribution < 1.29 is 4.79 Å². The molecule has 3 rings (SSSR count). The van der Waals surface area contributed by atoms with Crippen LogP contribution in [0.1, 0.15) is 11.6 Å². The molecule has 0 fully saturated rings. The van der Waals surface area contributed by atoms with Crippen molar-refractivity contribution in [3.8, 4) is 11.3 Å². The highest BCUT2D eigenvalue weighted by molar-refractivity contribution is 9.11. The highest BCUT2D eigenvalue weighted by Gasteiger charge is 2.21. The van der Waals surface area contributed by atoms with Crippen molar-refractivity contribution in [2.45, 2.75) is 12.5 Å². The fourth-order valence-corrected chi connectivity index (χ4v) is 4.09. The molecule has 1 aromatic heterocycles. The van der Waals surface area contributed by atoms with Gasteiger partial charge in [0.2, 0.25) is 5.91 Å². The normalized spacial score (nSPS) is 12.0. The number of hydrogen-bond donors (Lipinski definition) is 1. The molecule has 0 bridgehead atoms. The molecular weight excluding hydrogens is 446 g/mol. The van der Waals surface area contributed by atoms with Gasteiger partial charge in [-0.3, -0.25) is 9.48 Å². The van der Waals surface area contributed by atoms with Crippen LogP contribution in [0.2, 0.25) is 0 Å². The maximum absolute atomic E-state index is 12.4. The first-order valence-electron chi connectivity index (χ1n) is 7.84. The quantitative estimate of drug-likeness (QED) is 0.602. The Morgan fingerprint density at radius 2 is 1.80 bits per heavy atom. The van der Waals surface area contributed by atoms with E-state index in [1.165, 1.54) is 0 Å². The standard InChI is InChI=1S/C19H17Br2N3O/c1-22-19(25)18(11-13-9-15(20)12-16(21)10-13)24-8-7-17(23-24)14-5-3-2-4-6-14/h2-10,12,18H,11H2,1H3,(H,22,25)/t18-/m0/s1. The van der Waals surface area contributed by atoms with Gasteiger partial charge in [0.25, 0.3) is 0 Å². The minimum absolute atomic E-state index is 0.0705. The van der Waals surface area contributed by atoms with E-state index in [9.17, 15) is 4.79 Å². The molecule has 0 unspecified atom stereocenters. The van der Waals surface area contributed by atoms with Crippen molar-refractivity contribution in [3.63, 3.8) is 0 Å². The Labute approximate surface area is 163 Å². The molecule has 1 N–H and O–H groups in total. The molecule has 3 aromatic rings. The first-order chi connectivity index (χ1) is 12.1. The van der Waals surface area contributed by atoms with E-state index in [1.807, 2.05) is 60.8 Å². The Balaban J connectivity index is 1.91. The van der Waals surface area contributed by atoms with E-state index >= 15 is 0 Å². The van der Waals surface area contributed by atoms with Crippen LogP contribution in [0.5, 0.6) is 0 Å². The van der Waals surface area contributed by atoms with E-state index in [-0.39, 0.29) is 5.91 Å². The molecular formula is C19H17Br2N3O. The van der Waals surface area contributed by atoms with E-state index < -0.39 is 6.04 Å². The number of aromatic nitrogens is 2. The Hall–Kier alpha value is -1.92. The lowest BCUT2D eigenvalue weighted by Gasteiger charge is -2.16. The summed E-state index contributed by atoms with van der Waals surface area (Å²) in [5.74, 6) is -0.0705. The molecule has 0 aliphatic heterocycles. The Kier molecular flexibility index (Phi) is 5.71. The highest BCUT2D eigenvalue weighted by Crippen LogP contribution is 2.24. The lowest BCUT2D eigenvalue weighted by molar-refractivity contribution is -0.124. The minimum Gasteiger partial charge on any atom is -0.357 e. The zero-order valence-corrected chi connectivity index (χ0v) is 16.8. The fourth-order valence-electron chi connectivity index (χ4n) is 2.70. The molecule has 0 saturated heterocycles. The van der Waals surface area contributed by atoms with Crippen molar-refractivity contribution in [1.29, 1.82) is 0 Å². The number of amides is 1. The monoisotopic (exact) mass is 461 g/mol. The molecule has 0 aliphatic carbocycles. The number of hydrogen-bond acceptors (Lipinski definition) is 2. The third-order valence-electron chi connectivity index (χ3n) is 3.90. The average Bonchev–Trinajstić information content (AvgIpc) is 3.09. The van der Waals surface area contributed by atoms with Crippen LogP contribution >= 0.6 is 31.9 Å². The van der Waals surface area contributed by atoms with Gasteiger partial charge in [-0.15, -0.1) is 0 Å². The van der Waals surface area contributed by atoms with Crippen LogP contribution in [0.15, 0.2) is 69.7 Å². The zero-order chi connectivity index (χ0) is 17.8. The first-order valence-corrected chi connectivity index (χ1v) is 9.42. The van der Waals surface area contributed by atoms with Crippen molar-refractivity contribution in [1.82, 2.24) is 15.1 Å². The first kappa shape index (κ1) is 17.9. The van der Waals surface area contributed by atoms with Crippen LogP contribution in [-0.2, 0) is 11.2 Å². The van der Waals surface area contributed by atoms with Crippen molar-refractivity contribution in [2.75, 3.05) is 7.05 Å². The summed E-state index contributed by atoms with van der Waals surface area (Å²) >= 11 is 6.99. The van der Waals surface area contributed by atoms with E-state index in [0.29, 0.717) is 6.42 Å². The SMILES string of the molecule is CNC(=O)[C@H](Cc1cc(Br)cc(Br)c1)n1ccc(-c2ccccc2)n1. The molecule has 6 heteroatoms. The van der Waals surface area contributed by atoms with Gasteiger partial charge in [0.05, 0.1) is 5.69 Å². The predicted octanol–water partition coefficient (Wildman–Crippen LogP) is 4.60. The molecule has 0 radical (unpaired) electrons. The summed E-state index contributed by atoms with van der Waals surface area (Å²) in [5.41, 5.74) is 2.93. The van der Waals surface area contributed by atoms with Crippen LogP contribution in [0.4, 0.5) is 0 Å². The molecule has 1 heterocycles. The van der Waals surface area contributed by atoms with Gasteiger partial charge in [-0.2, -0.15) is 5.10 Å². The molecule has 2 aromatic carbocycles. The van der Waals surface area contributed by atoms with Crippen molar-refractivity contribution in [3.05, 3.63) is 75.3 Å². The van der Waals surface area contributed by atoms with E-state index in [4.69, 9.17) is 0 Å². The Morgan fingerprint density at radius 3 is 2.44 bits per heavy atom. The maximum Gasteiger partial charge on any atom is 0.244 e. The topological polar surface area (TPSA) is 46.9 Å². The summed E-state index contributed by atoms with van der Waals surface area (Å²) in [7, 11) is 1.65. The summed E-state index contributed by atoms with van der Waals surface area (Å²) in [6.45, 7) is 0. The molecule has 25 heavy (non-hydrogen) atoms. The second-order valence-corrected chi connectivity index (χ2v) is 7.49. The van der Waals surface area contributed by atoms with E-state index in [0.717, 1.165) is 25.8 Å². The van der Waals surface area contributed by atoms with Gasteiger partial charge in [-0.05, 0) is 29.8 Å². The molecule has 1 amide bonds. The minimum atomic E-state index is -0.413. The lowest BCUT2D eigenvalue weighted by Crippen LogP contribution is -2.31. The molecule has 128 valence electrons. The second kappa shape index (κ2) is 7.97. The smallest absolute Gasteiger partial charge is 0.244 e. The summed E-state index contributed by atoms with van der Waals surface area (Å²) in [4.78, 5) is 12.4. The Bertz CT molecular complexity index is 857. The number of carbonyl (C=O) groups excluding carboxylic acids is 1. The van der Waals surface area contributed by atoms with Gasteiger partial charge < -0.3 is 5.32 Å². The summed E-state index contributed by atoms with van der Waals surface area (Å²) < 4.78 is 3.67. The van der Waals surface area contributed by atoms with E-state index in [1.54, 1.807) is 11.7 Å². The fraction of sp³-hybridized carbons (Fsp3) is 0.158. The third-order valence-corrected chi connectivity index (χ3v) is 4.81. The molecule has 0 aliphatic rings. The third kappa shape index (κ3) is 4.38. The van der Waals surface area contributed by atoms with Crippen LogP contribution in [0.25, 0.3) is 11.3 Å². The molecule has 0 saturated carbocycles. The second-order valence-electron chi connectivity index (χ2n) is 5.66. The lowest BCUT2D eigenvalue weighted by atomic mass is 10.1. The van der Waals surface area contributed by atoms with E-state index in [2.05, 4.69) is 42.3 Å². The van der Waals surface area contributed by atoms with Gasteiger partial charge in [0.15, 0.2) is 0 Å². The van der Waals surface area contributed by atoms with Crippen LogP contribution in [0.3, 0.4) is 0 Å². The van der Waals surface area contributed by atoms with Gasteiger partial charge in [-0.1, -0.05) is 62.2 Å². The van der Waals surface area contributed by atoms with Gasteiger partial charge in [0.1, 0.15) is 6.04 Å². The maximum atomic E-state index is 12.4. The number of nitrogens with zero attached hydrogens (tertiary/aromatic N) is 2.